The molecule has 0 aliphatic heterocycles. The third-order valence-electron chi connectivity index (χ3n) is 2.44. The van der Waals surface area contributed by atoms with Gasteiger partial charge in [-0.3, -0.25) is 0 Å². The minimum absolute atomic E-state index is 0.245. The molecule has 0 atom stereocenters. The summed E-state index contributed by atoms with van der Waals surface area (Å²) in [7, 11) is -0.253. The maximum absolute atomic E-state index is 11.9. The number of rotatable bonds is 8. The van der Waals surface area contributed by atoms with Gasteiger partial charge in [0.05, 0.1) is 12.0 Å². The van der Waals surface area contributed by atoms with Gasteiger partial charge in [0.15, 0.2) is 0 Å². The normalized spacial score (nSPS) is 11.4. The number of hydrogen-bond donors (Lipinski definition) is 1. The molecule has 0 saturated carbocycles. The molecular formula is C12H19NO4S. The Morgan fingerprint density at radius 3 is 2.33 bits per heavy atom. The molecule has 5 nitrogen and oxygen atoms in total. The van der Waals surface area contributed by atoms with Crippen LogP contribution < -0.4 is 9.46 Å². The van der Waals surface area contributed by atoms with Crippen LogP contribution >= 0.6 is 0 Å². The van der Waals surface area contributed by atoms with E-state index < -0.39 is 10.0 Å². The summed E-state index contributed by atoms with van der Waals surface area (Å²) in [6.07, 6.45) is 1.59. The summed E-state index contributed by atoms with van der Waals surface area (Å²) in [5.74, 6) is 0.633. The average molecular weight is 273 g/mol. The van der Waals surface area contributed by atoms with Gasteiger partial charge in [0, 0.05) is 20.3 Å². The van der Waals surface area contributed by atoms with Crippen LogP contribution in [0.15, 0.2) is 29.2 Å². The standard InChI is InChI=1S/C12H19NO4S/c1-16-10-4-3-9-13-18(14,15)12-7-5-11(17-2)6-8-12/h5-8,13H,3-4,9-10H2,1-2H3. The number of benzene rings is 1. The molecule has 1 aromatic carbocycles. The summed E-state index contributed by atoms with van der Waals surface area (Å²) in [5, 5.41) is 0. The quantitative estimate of drug-likeness (QED) is 0.727. The summed E-state index contributed by atoms with van der Waals surface area (Å²) in [6.45, 7) is 1.06. The van der Waals surface area contributed by atoms with Crippen LogP contribution in [-0.2, 0) is 14.8 Å². The van der Waals surface area contributed by atoms with E-state index in [1.807, 2.05) is 0 Å². The molecule has 0 fully saturated rings. The lowest BCUT2D eigenvalue weighted by atomic mass is 10.3. The second-order valence-electron chi connectivity index (χ2n) is 3.77. The molecule has 0 aliphatic carbocycles. The number of ether oxygens (including phenoxy) is 2. The first-order chi connectivity index (χ1) is 8.60. The van der Waals surface area contributed by atoms with E-state index in [2.05, 4.69) is 4.72 Å². The Morgan fingerprint density at radius 2 is 1.78 bits per heavy atom. The van der Waals surface area contributed by atoms with Crippen LogP contribution in [0.3, 0.4) is 0 Å². The second kappa shape index (κ2) is 7.35. The van der Waals surface area contributed by atoms with Crippen LogP contribution in [0.2, 0.25) is 0 Å². The van der Waals surface area contributed by atoms with Crippen molar-refractivity contribution in [2.45, 2.75) is 17.7 Å². The number of methoxy groups -OCH3 is 2. The Labute approximate surface area is 108 Å². The Hall–Kier alpha value is -1.11. The molecule has 1 rings (SSSR count). The molecule has 1 N–H and O–H groups in total. The molecule has 0 saturated heterocycles. The van der Waals surface area contributed by atoms with Crippen molar-refractivity contribution in [1.82, 2.24) is 4.72 Å². The lowest BCUT2D eigenvalue weighted by Crippen LogP contribution is -2.24. The molecule has 1 aromatic rings. The summed E-state index contributed by atoms with van der Waals surface area (Å²) in [5.41, 5.74) is 0. The van der Waals surface area contributed by atoms with E-state index >= 15 is 0 Å². The van der Waals surface area contributed by atoms with Gasteiger partial charge < -0.3 is 9.47 Å². The van der Waals surface area contributed by atoms with E-state index in [4.69, 9.17) is 9.47 Å². The van der Waals surface area contributed by atoms with Crippen molar-refractivity contribution < 1.29 is 17.9 Å². The zero-order valence-electron chi connectivity index (χ0n) is 10.7. The molecule has 0 aromatic heterocycles. The van der Waals surface area contributed by atoms with Crippen LogP contribution in [0.4, 0.5) is 0 Å². The third-order valence-corrected chi connectivity index (χ3v) is 3.91. The van der Waals surface area contributed by atoms with E-state index in [1.54, 1.807) is 19.2 Å². The van der Waals surface area contributed by atoms with Gasteiger partial charge >= 0.3 is 0 Å². The Bertz CT molecular complexity index is 442. The minimum Gasteiger partial charge on any atom is -0.497 e. The van der Waals surface area contributed by atoms with Crippen LogP contribution in [0, 0.1) is 0 Å². The largest absolute Gasteiger partial charge is 0.497 e. The van der Waals surface area contributed by atoms with E-state index in [1.165, 1.54) is 19.2 Å². The monoisotopic (exact) mass is 273 g/mol. The molecule has 18 heavy (non-hydrogen) atoms. The second-order valence-corrected chi connectivity index (χ2v) is 5.54. The van der Waals surface area contributed by atoms with Gasteiger partial charge in [-0.2, -0.15) is 0 Å². The Balaban J connectivity index is 2.51. The van der Waals surface area contributed by atoms with Crippen LogP contribution in [0.5, 0.6) is 5.75 Å². The third kappa shape index (κ3) is 4.64. The van der Waals surface area contributed by atoms with Crippen molar-refractivity contribution in [3.05, 3.63) is 24.3 Å². The van der Waals surface area contributed by atoms with Gasteiger partial charge in [0.2, 0.25) is 10.0 Å². The van der Waals surface area contributed by atoms with Gasteiger partial charge in [0.25, 0.3) is 0 Å². The van der Waals surface area contributed by atoms with Gasteiger partial charge in [0.1, 0.15) is 5.75 Å². The van der Waals surface area contributed by atoms with Gasteiger partial charge in [-0.15, -0.1) is 0 Å². The SMILES string of the molecule is COCCCCNS(=O)(=O)c1ccc(OC)cc1. The molecule has 0 bridgehead atoms. The van der Waals surface area contributed by atoms with E-state index in [0.717, 1.165) is 12.8 Å². The molecule has 0 amide bonds. The minimum atomic E-state index is -3.42. The first kappa shape index (κ1) is 14.9. The molecule has 0 spiro atoms. The van der Waals surface area contributed by atoms with Gasteiger partial charge in [-0.1, -0.05) is 0 Å². The first-order valence-electron chi connectivity index (χ1n) is 5.73. The van der Waals surface area contributed by atoms with Crippen LogP contribution in [0.1, 0.15) is 12.8 Å². The highest BCUT2D eigenvalue weighted by Gasteiger charge is 2.12. The Morgan fingerprint density at radius 1 is 1.11 bits per heavy atom. The average Bonchev–Trinajstić information content (AvgIpc) is 2.38. The predicted octanol–water partition coefficient (Wildman–Crippen LogP) is 1.40. The molecule has 0 heterocycles. The first-order valence-corrected chi connectivity index (χ1v) is 7.21. The molecular weight excluding hydrogens is 254 g/mol. The smallest absolute Gasteiger partial charge is 0.240 e. The summed E-state index contributed by atoms with van der Waals surface area (Å²) < 4.78 is 36.2. The maximum atomic E-state index is 11.9. The van der Waals surface area contributed by atoms with Crippen molar-refractivity contribution in [2.24, 2.45) is 0 Å². The highest BCUT2D eigenvalue weighted by atomic mass is 32.2. The highest BCUT2D eigenvalue weighted by Crippen LogP contribution is 2.15. The molecule has 0 aliphatic rings. The molecule has 102 valence electrons. The van der Waals surface area contributed by atoms with Crippen molar-refractivity contribution in [3.8, 4) is 5.75 Å². The lowest BCUT2D eigenvalue weighted by molar-refractivity contribution is 0.193. The van der Waals surface area contributed by atoms with Crippen molar-refractivity contribution in [2.75, 3.05) is 27.4 Å². The van der Waals surface area contributed by atoms with E-state index in [-0.39, 0.29) is 4.90 Å². The molecule has 0 radical (unpaired) electrons. The summed E-state index contributed by atoms with van der Waals surface area (Å²) >= 11 is 0. The van der Waals surface area contributed by atoms with Crippen molar-refractivity contribution in [3.63, 3.8) is 0 Å². The van der Waals surface area contributed by atoms with Crippen molar-refractivity contribution in [1.29, 1.82) is 0 Å². The van der Waals surface area contributed by atoms with Gasteiger partial charge in [-0.05, 0) is 37.1 Å². The van der Waals surface area contributed by atoms with Crippen LogP contribution in [0.25, 0.3) is 0 Å². The van der Waals surface area contributed by atoms with E-state index in [9.17, 15) is 8.42 Å². The van der Waals surface area contributed by atoms with Crippen molar-refractivity contribution >= 4 is 10.0 Å². The topological polar surface area (TPSA) is 64.6 Å². The maximum Gasteiger partial charge on any atom is 0.240 e. The predicted molar refractivity (Wildman–Crippen MR) is 69.3 cm³/mol. The number of sulfonamides is 1. The van der Waals surface area contributed by atoms with E-state index in [0.29, 0.717) is 18.9 Å². The Kier molecular flexibility index (Phi) is 6.11. The number of nitrogens with one attached hydrogen (secondary N) is 1. The fraction of sp³-hybridized carbons (Fsp3) is 0.500. The molecule has 0 unspecified atom stereocenters. The highest BCUT2D eigenvalue weighted by molar-refractivity contribution is 7.89. The summed E-state index contributed by atoms with van der Waals surface area (Å²) in [6, 6.07) is 6.30. The van der Waals surface area contributed by atoms with Gasteiger partial charge in [-0.25, -0.2) is 13.1 Å². The lowest BCUT2D eigenvalue weighted by Gasteiger charge is -2.07. The summed E-state index contributed by atoms with van der Waals surface area (Å²) in [4.78, 5) is 0.245. The number of unbranched alkanes of at least 4 members (excludes halogenated alkanes) is 1. The fourth-order valence-corrected chi connectivity index (χ4v) is 2.49. The zero-order chi connectivity index (χ0) is 13.4. The fourth-order valence-electron chi connectivity index (χ4n) is 1.42. The molecule has 6 heteroatoms. The zero-order valence-corrected chi connectivity index (χ0v) is 11.5. The number of hydrogen-bond acceptors (Lipinski definition) is 4. The van der Waals surface area contributed by atoms with Crippen LogP contribution in [-0.4, -0.2) is 35.8 Å².